The van der Waals surface area contributed by atoms with Crippen molar-refractivity contribution in [2.45, 2.75) is 33.2 Å². The van der Waals surface area contributed by atoms with Gasteiger partial charge in [0.2, 0.25) is 0 Å². The summed E-state index contributed by atoms with van der Waals surface area (Å²) in [5, 5.41) is 3.36. The van der Waals surface area contributed by atoms with Gasteiger partial charge in [-0.3, -0.25) is 4.98 Å². The Balaban J connectivity index is 2.39. The molecule has 0 radical (unpaired) electrons. The van der Waals surface area contributed by atoms with Gasteiger partial charge in [-0.15, -0.1) is 0 Å². The third kappa shape index (κ3) is 2.83. The lowest BCUT2D eigenvalue weighted by atomic mass is 10.2. The quantitative estimate of drug-likeness (QED) is 0.895. The molecule has 0 atom stereocenters. The molecule has 0 amide bonds. The molecule has 18 heavy (non-hydrogen) atoms. The SMILES string of the molecule is CCc1cnc(-c2ccccn2)nc1NC(C)C. The van der Waals surface area contributed by atoms with E-state index in [1.165, 1.54) is 0 Å². The molecule has 0 unspecified atom stereocenters. The van der Waals surface area contributed by atoms with Crippen molar-refractivity contribution < 1.29 is 0 Å². The van der Waals surface area contributed by atoms with Gasteiger partial charge in [0, 0.05) is 24.0 Å². The van der Waals surface area contributed by atoms with Crippen LogP contribution in [-0.2, 0) is 6.42 Å². The zero-order valence-electron chi connectivity index (χ0n) is 11.0. The van der Waals surface area contributed by atoms with Crippen molar-refractivity contribution in [3.05, 3.63) is 36.2 Å². The van der Waals surface area contributed by atoms with Gasteiger partial charge < -0.3 is 5.32 Å². The fourth-order valence-electron chi connectivity index (χ4n) is 1.68. The molecule has 94 valence electrons. The zero-order valence-corrected chi connectivity index (χ0v) is 11.0. The summed E-state index contributed by atoms with van der Waals surface area (Å²) in [6.45, 7) is 6.30. The maximum atomic E-state index is 4.57. The first-order valence-electron chi connectivity index (χ1n) is 6.24. The lowest BCUT2D eigenvalue weighted by Gasteiger charge is -2.13. The molecule has 0 aromatic carbocycles. The molecule has 0 saturated heterocycles. The molecular formula is C14H18N4. The Morgan fingerprint density at radius 1 is 1.22 bits per heavy atom. The molecule has 0 bridgehead atoms. The van der Waals surface area contributed by atoms with Crippen molar-refractivity contribution in [2.75, 3.05) is 5.32 Å². The first kappa shape index (κ1) is 12.5. The van der Waals surface area contributed by atoms with Crippen LogP contribution in [0.3, 0.4) is 0 Å². The number of anilines is 1. The van der Waals surface area contributed by atoms with Crippen molar-refractivity contribution in [1.29, 1.82) is 0 Å². The van der Waals surface area contributed by atoms with Crippen molar-refractivity contribution in [3.63, 3.8) is 0 Å². The highest BCUT2D eigenvalue weighted by atomic mass is 15.1. The summed E-state index contributed by atoms with van der Waals surface area (Å²) in [5.74, 6) is 1.57. The Morgan fingerprint density at radius 3 is 2.67 bits per heavy atom. The molecule has 0 aliphatic heterocycles. The number of hydrogen-bond donors (Lipinski definition) is 1. The van der Waals surface area contributed by atoms with E-state index < -0.39 is 0 Å². The van der Waals surface area contributed by atoms with Gasteiger partial charge in [0.25, 0.3) is 0 Å². The van der Waals surface area contributed by atoms with Crippen LogP contribution in [0.15, 0.2) is 30.6 Å². The van der Waals surface area contributed by atoms with Crippen LogP contribution in [-0.4, -0.2) is 21.0 Å². The molecule has 2 aromatic heterocycles. The third-order valence-corrected chi connectivity index (χ3v) is 2.56. The van der Waals surface area contributed by atoms with Gasteiger partial charge in [-0.2, -0.15) is 0 Å². The first-order chi connectivity index (χ1) is 8.70. The van der Waals surface area contributed by atoms with Crippen LogP contribution in [0.4, 0.5) is 5.82 Å². The fraction of sp³-hybridized carbons (Fsp3) is 0.357. The van der Waals surface area contributed by atoms with E-state index in [4.69, 9.17) is 0 Å². The van der Waals surface area contributed by atoms with E-state index in [-0.39, 0.29) is 0 Å². The van der Waals surface area contributed by atoms with Crippen molar-refractivity contribution in [1.82, 2.24) is 15.0 Å². The minimum absolute atomic E-state index is 0.349. The largest absolute Gasteiger partial charge is 0.368 e. The Morgan fingerprint density at radius 2 is 2.06 bits per heavy atom. The van der Waals surface area contributed by atoms with E-state index in [0.29, 0.717) is 11.9 Å². The summed E-state index contributed by atoms with van der Waals surface area (Å²) in [6.07, 6.45) is 4.54. The van der Waals surface area contributed by atoms with Crippen molar-refractivity contribution in [2.24, 2.45) is 0 Å². The smallest absolute Gasteiger partial charge is 0.180 e. The summed E-state index contributed by atoms with van der Waals surface area (Å²) < 4.78 is 0. The number of hydrogen-bond acceptors (Lipinski definition) is 4. The molecule has 2 aromatic rings. The van der Waals surface area contributed by atoms with Gasteiger partial charge in [0.1, 0.15) is 11.5 Å². The van der Waals surface area contributed by atoms with E-state index >= 15 is 0 Å². The Kier molecular flexibility index (Phi) is 3.87. The number of rotatable bonds is 4. The van der Waals surface area contributed by atoms with Crippen LogP contribution in [0.1, 0.15) is 26.3 Å². The fourth-order valence-corrected chi connectivity index (χ4v) is 1.68. The van der Waals surface area contributed by atoms with Gasteiger partial charge in [-0.1, -0.05) is 13.0 Å². The van der Waals surface area contributed by atoms with Crippen LogP contribution < -0.4 is 5.32 Å². The molecule has 0 saturated carbocycles. The van der Waals surface area contributed by atoms with Gasteiger partial charge in [0.05, 0.1) is 0 Å². The topological polar surface area (TPSA) is 50.7 Å². The van der Waals surface area contributed by atoms with Gasteiger partial charge in [-0.25, -0.2) is 9.97 Å². The second-order valence-electron chi connectivity index (χ2n) is 4.44. The predicted octanol–water partition coefficient (Wildman–Crippen LogP) is 2.92. The lowest BCUT2D eigenvalue weighted by molar-refractivity contribution is 0.876. The summed E-state index contributed by atoms with van der Waals surface area (Å²) in [4.78, 5) is 13.2. The standard InChI is InChI=1S/C14H18N4/c1-4-11-9-16-14(12-7-5-6-8-15-12)18-13(11)17-10(2)3/h5-10H,4H2,1-3H3,(H,16,17,18). The number of pyridine rings is 1. The van der Waals surface area contributed by atoms with Crippen molar-refractivity contribution in [3.8, 4) is 11.5 Å². The Bertz CT molecular complexity index is 508. The average molecular weight is 242 g/mol. The highest BCUT2D eigenvalue weighted by Gasteiger charge is 2.08. The monoisotopic (exact) mass is 242 g/mol. The maximum absolute atomic E-state index is 4.57. The summed E-state index contributed by atoms with van der Waals surface area (Å²) in [6, 6.07) is 6.09. The molecule has 2 rings (SSSR count). The summed E-state index contributed by atoms with van der Waals surface area (Å²) in [5.41, 5.74) is 1.93. The molecule has 0 fully saturated rings. The van der Waals surface area contributed by atoms with Gasteiger partial charge in [-0.05, 0) is 32.4 Å². The van der Waals surface area contributed by atoms with E-state index in [1.54, 1.807) is 6.20 Å². The number of nitrogens with zero attached hydrogens (tertiary/aromatic N) is 3. The van der Waals surface area contributed by atoms with Gasteiger partial charge in [0.15, 0.2) is 5.82 Å². The predicted molar refractivity (Wildman–Crippen MR) is 73.4 cm³/mol. The molecular weight excluding hydrogens is 224 g/mol. The molecule has 0 spiro atoms. The number of aromatic nitrogens is 3. The normalized spacial score (nSPS) is 10.7. The highest BCUT2D eigenvalue weighted by Crippen LogP contribution is 2.18. The summed E-state index contributed by atoms with van der Waals surface area (Å²) in [7, 11) is 0. The van der Waals surface area contributed by atoms with E-state index in [0.717, 1.165) is 23.5 Å². The third-order valence-electron chi connectivity index (χ3n) is 2.56. The number of nitrogens with one attached hydrogen (secondary N) is 1. The molecule has 2 heterocycles. The molecule has 0 aliphatic rings. The van der Waals surface area contributed by atoms with Crippen LogP contribution in [0.25, 0.3) is 11.5 Å². The Hall–Kier alpha value is -1.97. The average Bonchev–Trinajstić information content (AvgIpc) is 2.39. The van der Waals surface area contributed by atoms with Crippen LogP contribution >= 0.6 is 0 Å². The van der Waals surface area contributed by atoms with Crippen LogP contribution in [0.5, 0.6) is 0 Å². The van der Waals surface area contributed by atoms with Crippen molar-refractivity contribution >= 4 is 5.82 Å². The zero-order chi connectivity index (χ0) is 13.0. The minimum Gasteiger partial charge on any atom is -0.368 e. The molecule has 4 heteroatoms. The lowest BCUT2D eigenvalue weighted by Crippen LogP contribution is -2.13. The second-order valence-corrected chi connectivity index (χ2v) is 4.44. The first-order valence-corrected chi connectivity index (χ1v) is 6.24. The number of aryl methyl sites for hydroxylation is 1. The van der Waals surface area contributed by atoms with E-state index in [2.05, 4.69) is 41.0 Å². The Labute approximate surface area is 108 Å². The maximum Gasteiger partial charge on any atom is 0.180 e. The van der Waals surface area contributed by atoms with E-state index in [1.807, 2.05) is 24.4 Å². The summed E-state index contributed by atoms with van der Waals surface area (Å²) >= 11 is 0. The highest BCUT2D eigenvalue weighted by molar-refractivity contribution is 5.54. The van der Waals surface area contributed by atoms with E-state index in [9.17, 15) is 0 Å². The second kappa shape index (κ2) is 5.58. The molecule has 1 N–H and O–H groups in total. The van der Waals surface area contributed by atoms with Gasteiger partial charge >= 0.3 is 0 Å². The van der Waals surface area contributed by atoms with Crippen LogP contribution in [0, 0.1) is 0 Å². The molecule has 4 nitrogen and oxygen atoms in total. The van der Waals surface area contributed by atoms with Crippen LogP contribution in [0.2, 0.25) is 0 Å². The molecule has 0 aliphatic carbocycles. The minimum atomic E-state index is 0.349.